The lowest BCUT2D eigenvalue weighted by atomic mass is 10.1. The van der Waals surface area contributed by atoms with Crippen LogP contribution in [-0.2, 0) is 28.7 Å². The van der Waals surface area contributed by atoms with Gasteiger partial charge in [0, 0.05) is 40.5 Å². The molecule has 406 valence electrons. The Morgan fingerprint density at radius 3 is 1.01 bits per heavy atom. The summed E-state index contributed by atoms with van der Waals surface area (Å²) in [6, 6.07) is 16.4. The van der Waals surface area contributed by atoms with Gasteiger partial charge in [-0.25, -0.2) is 9.59 Å². The molecule has 4 saturated heterocycles. The minimum atomic E-state index is -0.949. The number of likely N-dealkylation sites (tertiary alicyclic amines) is 4. The summed E-state index contributed by atoms with van der Waals surface area (Å²) in [6.07, 6.45) is 3.00. The molecule has 4 heterocycles. The predicted octanol–water partition coefficient (Wildman–Crippen LogP) is 8.96. The van der Waals surface area contributed by atoms with Crippen molar-refractivity contribution in [2.75, 3.05) is 54.6 Å². The molecule has 4 aliphatic heterocycles. The fraction of sp³-hybridized carbons (Fsp3) is 0.389. The van der Waals surface area contributed by atoms with Crippen molar-refractivity contribution in [2.45, 2.75) is 102 Å². The molecule has 4 fully saturated rings. The van der Waals surface area contributed by atoms with Crippen molar-refractivity contribution in [2.24, 2.45) is 0 Å². The third-order valence-electron chi connectivity index (χ3n) is 13.7. The number of rotatable bonds is 12. The molecule has 0 bridgehead atoms. The first-order chi connectivity index (χ1) is 36.6. The predicted molar refractivity (Wildman–Crippen MR) is 321 cm³/mol. The van der Waals surface area contributed by atoms with Gasteiger partial charge in [0.2, 0.25) is 23.6 Å². The van der Waals surface area contributed by atoms with Crippen LogP contribution in [0.3, 0.4) is 0 Å². The first kappa shape index (κ1) is 58.0. The largest absolute Gasteiger partial charge is 0.465 e. The zero-order valence-corrected chi connectivity index (χ0v) is 51.1. The van der Waals surface area contributed by atoms with Crippen LogP contribution in [0.15, 0.2) is 72.8 Å². The average molecular weight is 1500 g/mol. The number of nitrogens with one attached hydrogen (secondary N) is 4. The zero-order valence-electron chi connectivity index (χ0n) is 42.5. The quantitative estimate of drug-likeness (QED) is 0.0772. The summed E-state index contributed by atoms with van der Waals surface area (Å²) >= 11 is 8.27. The lowest BCUT2D eigenvalue weighted by molar-refractivity contribution is -0.120. The monoisotopic (exact) mass is 1500 g/mol. The molecule has 0 saturated carbocycles. The number of benzene rings is 4. The summed E-state index contributed by atoms with van der Waals surface area (Å²) < 4.78 is 13.4. The third-order valence-corrected chi connectivity index (χ3v) is 16.4. The minimum absolute atomic E-state index is 0.142. The highest BCUT2D eigenvalue weighted by molar-refractivity contribution is 14.1. The summed E-state index contributed by atoms with van der Waals surface area (Å²) in [4.78, 5) is 131. The fourth-order valence-corrected chi connectivity index (χ4v) is 12.0. The second-order valence-electron chi connectivity index (χ2n) is 20.0. The highest BCUT2D eigenvalue weighted by Crippen LogP contribution is 2.33. The highest BCUT2D eigenvalue weighted by atomic mass is 127. The Morgan fingerprint density at radius 1 is 0.442 bits per heavy atom. The number of hydrogen-bond acceptors (Lipinski definition) is 11. The molecule has 23 heteroatoms. The third kappa shape index (κ3) is 13.5. The smallest absolute Gasteiger partial charge is 0.410 e. The Balaban J connectivity index is 0.952. The number of carbonyl (C=O) groups is 9. The molecule has 4 aliphatic rings. The van der Waals surface area contributed by atoms with Crippen LogP contribution in [0.4, 0.5) is 27.5 Å². The lowest BCUT2D eigenvalue weighted by Gasteiger charge is -2.29. The van der Waals surface area contributed by atoms with Crippen LogP contribution >= 0.6 is 90.4 Å². The standard InChI is InChI=1S/C54H56I4N8O11/c1-54(2,3)77-53(75)66-24-8-12-44(66)48(70)61-39-19-15-31(57)27-35(39)51(73)64-22-6-10-42(64)46(68)59-37-17-13-29(55)25-33(37)49(71)63-21-5-9-41(63)45(67)60-38-18-14-30(56)26-34(38)50(72)65-23-7-11-43(65)47(69)62-40-20-16-32(58)28-36(40)52(74)76-4/h13-20,25-28,41-44H,5-12,21-24H2,1-4H3,(H,59,68)(H,60,67)(H,61,70)(H,62,69)/t41-,42+,43+,44-/m0/s1. The van der Waals surface area contributed by atoms with E-state index in [4.69, 9.17) is 9.47 Å². The van der Waals surface area contributed by atoms with E-state index in [0.717, 1.165) is 7.14 Å². The first-order valence-electron chi connectivity index (χ1n) is 25.0. The highest BCUT2D eigenvalue weighted by Gasteiger charge is 2.42. The Labute approximate surface area is 499 Å². The molecule has 0 radical (unpaired) electrons. The van der Waals surface area contributed by atoms with E-state index >= 15 is 0 Å². The molecule has 4 aromatic carbocycles. The van der Waals surface area contributed by atoms with Crippen LogP contribution < -0.4 is 21.3 Å². The Kier molecular flexibility index (Phi) is 18.7. The number of ether oxygens (including phenoxy) is 2. The van der Waals surface area contributed by atoms with Crippen LogP contribution in [0.2, 0.25) is 0 Å². The Morgan fingerprint density at radius 2 is 0.714 bits per heavy atom. The number of carbonyl (C=O) groups excluding carboxylic acids is 9. The molecular formula is C54H56I4N8O11. The van der Waals surface area contributed by atoms with Crippen molar-refractivity contribution in [1.29, 1.82) is 0 Å². The first-order valence-corrected chi connectivity index (χ1v) is 29.4. The number of halogens is 4. The van der Waals surface area contributed by atoms with Gasteiger partial charge >= 0.3 is 12.1 Å². The van der Waals surface area contributed by atoms with Crippen molar-refractivity contribution in [3.05, 3.63) is 109 Å². The van der Waals surface area contributed by atoms with Crippen LogP contribution in [0.25, 0.3) is 0 Å². The second-order valence-corrected chi connectivity index (χ2v) is 25.0. The number of anilines is 4. The molecule has 0 spiro atoms. The molecule has 0 unspecified atom stereocenters. The molecule has 4 N–H and O–H groups in total. The van der Waals surface area contributed by atoms with E-state index in [1.807, 2.05) is 0 Å². The SMILES string of the molecule is COC(=O)c1cc(I)ccc1NC(=O)[C@H]1CCCN1C(=O)c1cc(I)ccc1NC(=O)[C@@H]1CCCN1C(=O)c1cc(I)ccc1NC(=O)[C@H]1CCCN1C(=O)c1cc(I)ccc1NC(=O)[C@@H]1CCCN1C(=O)OC(C)(C)C. The summed E-state index contributed by atoms with van der Waals surface area (Å²) in [7, 11) is 1.25. The van der Waals surface area contributed by atoms with E-state index in [1.165, 1.54) is 26.7 Å². The molecule has 8 amide bonds. The van der Waals surface area contributed by atoms with Gasteiger partial charge in [-0.1, -0.05) is 0 Å². The maximum atomic E-state index is 14.7. The van der Waals surface area contributed by atoms with Gasteiger partial charge in [0.25, 0.3) is 17.7 Å². The zero-order chi connectivity index (χ0) is 55.5. The molecule has 77 heavy (non-hydrogen) atoms. The van der Waals surface area contributed by atoms with Crippen LogP contribution in [-0.4, -0.2) is 136 Å². The normalized spacial score (nSPS) is 19.2. The van der Waals surface area contributed by atoms with Crippen molar-refractivity contribution in [3.8, 4) is 0 Å². The van der Waals surface area contributed by atoms with Gasteiger partial charge in [-0.2, -0.15) is 0 Å². The van der Waals surface area contributed by atoms with Gasteiger partial charge in [0.15, 0.2) is 0 Å². The Bertz CT molecular complexity index is 3060. The molecule has 0 aromatic heterocycles. The molecule has 19 nitrogen and oxygen atoms in total. The van der Waals surface area contributed by atoms with E-state index in [1.54, 1.807) is 93.6 Å². The van der Waals surface area contributed by atoms with Gasteiger partial charge in [-0.3, -0.25) is 38.5 Å². The molecule has 4 atom stereocenters. The number of methoxy groups -OCH3 is 1. The van der Waals surface area contributed by atoms with Crippen LogP contribution in [0.1, 0.15) is 114 Å². The summed E-state index contributed by atoms with van der Waals surface area (Å²) in [5, 5.41) is 11.5. The van der Waals surface area contributed by atoms with Gasteiger partial charge < -0.3 is 45.4 Å². The summed E-state index contributed by atoms with van der Waals surface area (Å²) in [5.41, 5.74) is 0.773. The molecule has 4 aromatic rings. The topological polar surface area (TPSA) is 233 Å². The average Bonchev–Trinajstić information content (AvgIpc) is 4.26. The van der Waals surface area contributed by atoms with E-state index < -0.39 is 83.2 Å². The van der Waals surface area contributed by atoms with E-state index in [0.29, 0.717) is 65.1 Å². The number of hydrogen-bond donors (Lipinski definition) is 4. The van der Waals surface area contributed by atoms with E-state index in [9.17, 15) is 43.2 Å². The summed E-state index contributed by atoms with van der Waals surface area (Å²) in [6.45, 7) is 6.36. The summed E-state index contributed by atoms with van der Waals surface area (Å²) in [5.74, 6) is -4.07. The molecule has 8 rings (SSSR count). The van der Waals surface area contributed by atoms with Gasteiger partial charge in [-0.15, -0.1) is 0 Å². The van der Waals surface area contributed by atoms with Crippen LogP contribution in [0.5, 0.6) is 0 Å². The number of amides is 8. The van der Waals surface area contributed by atoms with Gasteiger partial charge in [0.1, 0.15) is 29.8 Å². The fourth-order valence-electron chi connectivity index (χ4n) is 10.1. The van der Waals surface area contributed by atoms with Crippen molar-refractivity contribution >= 4 is 167 Å². The minimum Gasteiger partial charge on any atom is -0.465 e. The van der Waals surface area contributed by atoms with Crippen molar-refractivity contribution < 1.29 is 52.6 Å². The number of nitrogens with zero attached hydrogens (tertiary/aromatic N) is 4. The van der Waals surface area contributed by atoms with E-state index in [2.05, 4.69) is 112 Å². The lowest BCUT2D eigenvalue weighted by Crippen LogP contribution is -2.46. The van der Waals surface area contributed by atoms with E-state index in [-0.39, 0.29) is 64.6 Å². The maximum Gasteiger partial charge on any atom is 0.410 e. The second kappa shape index (κ2) is 24.9. The van der Waals surface area contributed by atoms with Gasteiger partial charge in [-0.05, 0) is 235 Å². The maximum absolute atomic E-state index is 14.7. The molecular weight excluding hydrogens is 1440 g/mol. The molecule has 0 aliphatic carbocycles. The van der Waals surface area contributed by atoms with Crippen molar-refractivity contribution in [1.82, 2.24) is 19.6 Å². The van der Waals surface area contributed by atoms with Crippen LogP contribution in [0, 0.1) is 14.3 Å². The van der Waals surface area contributed by atoms with Gasteiger partial charge in [0.05, 0.1) is 52.1 Å². The number of esters is 1. The van der Waals surface area contributed by atoms with Crippen molar-refractivity contribution in [3.63, 3.8) is 0 Å². The Hall–Kier alpha value is -5.17.